The van der Waals surface area contributed by atoms with E-state index >= 15 is 0 Å². The second-order valence-corrected chi connectivity index (χ2v) is 4.87. The smallest absolute Gasteiger partial charge is 0.226 e. The van der Waals surface area contributed by atoms with Gasteiger partial charge in [-0.1, -0.05) is 11.6 Å². The maximum Gasteiger partial charge on any atom is 0.226 e. The van der Waals surface area contributed by atoms with Gasteiger partial charge in [0.25, 0.3) is 0 Å². The number of nitrogens with zero attached hydrogens (tertiary/aromatic N) is 2. The summed E-state index contributed by atoms with van der Waals surface area (Å²) in [5.41, 5.74) is 0.652. The molecule has 20 heavy (non-hydrogen) atoms. The van der Waals surface area contributed by atoms with E-state index in [0.717, 1.165) is 0 Å². The van der Waals surface area contributed by atoms with E-state index in [4.69, 9.17) is 16.3 Å². The van der Waals surface area contributed by atoms with E-state index in [0.29, 0.717) is 22.9 Å². The SMILES string of the molecule is COc1ccc(NC(=O)CC(C)n2ccnc2)cc1Cl. The van der Waals surface area contributed by atoms with Crippen LogP contribution in [0.4, 0.5) is 5.69 Å². The lowest BCUT2D eigenvalue weighted by Crippen LogP contribution is -2.16. The van der Waals surface area contributed by atoms with Crippen LogP contribution in [0.2, 0.25) is 5.02 Å². The van der Waals surface area contributed by atoms with Crippen LogP contribution in [-0.2, 0) is 4.79 Å². The molecule has 0 bridgehead atoms. The normalized spacial score (nSPS) is 11.9. The number of hydrogen-bond acceptors (Lipinski definition) is 3. The van der Waals surface area contributed by atoms with Crippen LogP contribution < -0.4 is 10.1 Å². The van der Waals surface area contributed by atoms with Gasteiger partial charge in [0.2, 0.25) is 5.91 Å². The van der Waals surface area contributed by atoms with Gasteiger partial charge in [0, 0.05) is 30.5 Å². The maximum absolute atomic E-state index is 12.0. The predicted molar refractivity (Wildman–Crippen MR) is 78.2 cm³/mol. The molecule has 0 spiro atoms. The van der Waals surface area contributed by atoms with Gasteiger partial charge in [-0.3, -0.25) is 4.79 Å². The number of imidazole rings is 1. The van der Waals surface area contributed by atoms with Crippen LogP contribution in [0.25, 0.3) is 0 Å². The van der Waals surface area contributed by atoms with Gasteiger partial charge in [-0.25, -0.2) is 4.98 Å². The highest BCUT2D eigenvalue weighted by atomic mass is 35.5. The zero-order chi connectivity index (χ0) is 14.5. The summed E-state index contributed by atoms with van der Waals surface area (Å²) >= 11 is 6.01. The second-order valence-electron chi connectivity index (χ2n) is 4.46. The molecule has 2 rings (SSSR count). The van der Waals surface area contributed by atoms with Crippen molar-refractivity contribution < 1.29 is 9.53 Å². The molecule has 1 heterocycles. The Hall–Kier alpha value is -2.01. The zero-order valence-corrected chi connectivity index (χ0v) is 12.1. The Labute approximate surface area is 122 Å². The number of benzene rings is 1. The third-order valence-electron chi connectivity index (χ3n) is 2.95. The first-order valence-corrected chi connectivity index (χ1v) is 6.58. The molecule has 0 aliphatic heterocycles. The molecule has 106 valence electrons. The van der Waals surface area contributed by atoms with Crippen molar-refractivity contribution in [1.29, 1.82) is 0 Å². The molecule has 0 radical (unpaired) electrons. The van der Waals surface area contributed by atoms with Gasteiger partial charge in [0.05, 0.1) is 18.5 Å². The molecule has 1 N–H and O–H groups in total. The lowest BCUT2D eigenvalue weighted by atomic mass is 10.2. The maximum atomic E-state index is 12.0. The molecule has 1 amide bonds. The first-order valence-electron chi connectivity index (χ1n) is 6.21. The van der Waals surface area contributed by atoms with Crippen LogP contribution in [0.15, 0.2) is 36.9 Å². The molecule has 0 fully saturated rings. The number of amides is 1. The standard InChI is InChI=1S/C14H16ClN3O2/c1-10(18-6-5-16-9-18)7-14(19)17-11-3-4-13(20-2)12(15)8-11/h3-6,8-10H,7H2,1-2H3,(H,17,19). The molecule has 1 atom stereocenters. The summed E-state index contributed by atoms with van der Waals surface area (Å²) in [4.78, 5) is 15.9. The molecule has 0 aliphatic rings. The lowest BCUT2D eigenvalue weighted by molar-refractivity contribution is -0.116. The number of methoxy groups -OCH3 is 1. The molecule has 0 aliphatic carbocycles. The monoisotopic (exact) mass is 293 g/mol. The molecule has 1 aromatic carbocycles. The Kier molecular flexibility index (Phi) is 4.63. The number of anilines is 1. The number of aromatic nitrogens is 2. The molecule has 2 aromatic rings. The third-order valence-corrected chi connectivity index (χ3v) is 3.25. The number of rotatable bonds is 5. The van der Waals surface area contributed by atoms with E-state index < -0.39 is 0 Å². The second kappa shape index (κ2) is 6.43. The summed E-state index contributed by atoms with van der Waals surface area (Å²) in [5.74, 6) is 0.504. The lowest BCUT2D eigenvalue weighted by Gasteiger charge is -2.13. The minimum absolute atomic E-state index is 0.0474. The van der Waals surface area contributed by atoms with Crippen molar-refractivity contribution in [2.24, 2.45) is 0 Å². The van der Waals surface area contributed by atoms with Crippen LogP contribution in [0.1, 0.15) is 19.4 Å². The van der Waals surface area contributed by atoms with Crippen LogP contribution in [0.3, 0.4) is 0 Å². The molecule has 0 saturated heterocycles. The van der Waals surface area contributed by atoms with E-state index in [1.807, 2.05) is 17.7 Å². The largest absolute Gasteiger partial charge is 0.495 e. The third kappa shape index (κ3) is 3.51. The summed E-state index contributed by atoms with van der Waals surface area (Å²) in [6.07, 6.45) is 5.59. The van der Waals surface area contributed by atoms with E-state index in [1.54, 1.807) is 37.8 Å². The zero-order valence-electron chi connectivity index (χ0n) is 11.3. The first kappa shape index (κ1) is 14.4. The molecular formula is C14H16ClN3O2. The Bertz CT molecular complexity index is 584. The van der Waals surface area contributed by atoms with Crippen molar-refractivity contribution in [3.8, 4) is 5.75 Å². The van der Waals surface area contributed by atoms with Gasteiger partial charge in [0.15, 0.2) is 0 Å². The van der Waals surface area contributed by atoms with Crippen LogP contribution in [0.5, 0.6) is 5.75 Å². The number of halogens is 1. The fourth-order valence-corrected chi connectivity index (χ4v) is 2.12. The minimum atomic E-state index is -0.0765. The summed E-state index contributed by atoms with van der Waals surface area (Å²) in [7, 11) is 1.55. The van der Waals surface area contributed by atoms with Gasteiger partial charge in [-0.2, -0.15) is 0 Å². The van der Waals surface area contributed by atoms with Gasteiger partial charge in [-0.05, 0) is 25.1 Å². The summed E-state index contributed by atoms with van der Waals surface area (Å²) in [6, 6.07) is 5.19. The summed E-state index contributed by atoms with van der Waals surface area (Å²) < 4.78 is 6.95. The van der Waals surface area contributed by atoms with E-state index in [9.17, 15) is 4.79 Å². The molecular weight excluding hydrogens is 278 g/mol. The topological polar surface area (TPSA) is 56.1 Å². The number of ether oxygens (including phenoxy) is 1. The average molecular weight is 294 g/mol. The van der Waals surface area contributed by atoms with Crippen LogP contribution in [-0.4, -0.2) is 22.6 Å². The highest BCUT2D eigenvalue weighted by molar-refractivity contribution is 6.32. The van der Waals surface area contributed by atoms with E-state index in [1.165, 1.54) is 0 Å². The number of hydrogen-bond donors (Lipinski definition) is 1. The van der Waals surface area contributed by atoms with Gasteiger partial charge >= 0.3 is 0 Å². The number of nitrogens with one attached hydrogen (secondary N) is 1. The van der Waals surface area contributed by atoms with Gasteiger partial charge in [0.1, 0.15) is 5.75 Å². The predicted octanol–water partition coefficient (Wildman–Crippen LogP) is 3.13. The first-order chi connectivity index (χ1) is 9.60. The number of carbonyl (C=O) groups excluding carboxylic acids is 1. The molecule has 0 saturated carbocycles. The Morgan fingerprint density at radius 1 is 1.55 bits per heavy atom. The van der Waals surface area contributed by atoms with Crippen molar-refractivity contribution in [2.45, 2.75) is 19.4 Å². The van der Waals surface area contributed by atoms with Crippen molar-refractivity contribution in [3.05, 3.63) is 41.9 Å². The highest BCUT2D eigenvalue weighted by Gasteiger charge is 2.11. The van der Waals surface area contributed by atoms with Crippen molar-refractivity contribution in [2.75, 3.05) is 12.4 Å². The fraction of sp³-hybridized carbons (Fsp3) is 0.286. The Balaban J connectivity index is 1.96. The molecule has 1 unspecified atom stereocenters. The van der Waals surface area contributed by atoms with Crippen molar-refractivity contribution in [1.82, 2.24) is 9.55 Å². The van der Waals surface area contributed by atoms with Crippen LogP contribution >= 0.6 is 11.6 Å². The number of carbonyl (C=O) groups is 1. The van der Waals surface area contributed by atoms with Crippen molar-refractivity contribution in [3.63, 3.8) is 0 Å². The summed E-state index contributed by atoms with van der Waals surface area (Å²) in [5, 5.41) is 3.28. The van der Waals surface area contributed by atoms with Gasteiger partial charge in [-0.15, -0.1) is 0 Å². The van der Waals surface area contributed by atoms with Crippen LogP contribution in [0, 0.1) is 0 Å². The molecule has 1 aromatic heterocycles. The molecule has 5 nitrogen and oxygen atoms in total. The van der Waals surface area contributed by atoms with E-state index in [-0.39, 0.29) is 11.9 Å². The summed E-state index contributed by atoms with van der Waals surface area (Å²) in [6.45, 7) is 1.96. The fourth-order valence-electron chi connectivity index (χ4n) is 1.86. The Morgan fingerprint density at radius 3 is 2.95 bits per heavy atom. The molecule has 6 heteroatoms. The minimum Gasteiger partial charge on any atom is -0.495 e. The van der Waals surface area contributed by atoms with Gasteiger partial charge < -0.3 is 14.6 Å². The quantitative estimate of drug-likeness (QED) is 0.921. The Morgan fingerprint density at radius 2 is 2.35 bits per heavy atom. The van der Waals surface area contributed by atoms with E-state index in [2.05, 4.69) is 10.3 Å². The average Bonchev–Trinajstić information content (AvgIpc) is 2.92. The van der Waals surface area contributed by atoms with Crippen molar-refractivity contribution >= 4 is 23.2 Å². The highest BCUT2D eigenvalue weighted by Crippen LogP contribution is 2.27.